The molecule has 1 fully saturated rings. The van der Waals surface area contributed by atoms with E-state index in [0.29, 0.717) is 22.6 Å². The van der Waals surface area contributed by atoms with Crippen LogP contribution in [0.2, 0.25) is 0 Å². The van der Waals surface area contributed by atoms with Crippen molar-refractivity contribution in [3.8, 4) is 5.75 Å². The molecule has 0 saturated carbocycles. The average Bonchev–Trinajstić information content (AvgIpc) is 3.04. The number of hydrogen-bond acceptors (Lipinski definition) is 4. The topological polar surface area (TPSA) is 66.8 Å². The van der Waals surface area contributed by atoms with Gasteiger partial charge in [0.25, 0.3) is 11.7 Å². The minimum atomic E-state index is -0.837. The number of carbonyl (C=O) groups excluding carboxylic acids is 2. The molecule has 4 rings (SSSR count). The molecule has 1 saturated heterocycles. The van der Waals surface area contributed by atoms with Crippen LogP contribution in [0.25, 0.3) is 5.76 Å². The molecule has 1 atom stereocenters. The second-order valence-electron chi connectivity index (χ2n) is 6.76. The molecule has 0 bridgehead atoms. The van der Waals surface area contributed by atoms with Crippen molar-refractivity contribution in [1.82, 2.24) is 0 Å². The molecule has 5 nitrogen and oxygen atoms in total. The number of aliphatic hydroxyl groups excluding tert-OH is 1. The fourth-order valence-corrected chi connectivity index (χ4v) is 4.05. The molecule has 3 aromatic rings. The van der Waals surface area contributed by atoms with Gasteiger partial charge in [-0.1, -0.05) is 70.5 Å². The lowest BCUT2D eigenvalue weighted by Crippen LogP contribution is -2.29. The number of methoxy groups -OCH3 is 1. The number of aliphatic hydroxyl groups is 1. The second kappa shape index (κ2) is 8.16. The Morgan fingerprint density at radius 3 is 2.37 bits per heavy atom. The number of ketones is 1. The molecular formula is C24H18BrNO4. The van der Waals surface area contributed by atoms with E-state index in [4.69, 9.17) is 4.74 Å². The van der Waals surface area contributed by atoms with Gasteiger partial charge in [-0.05, 0) is 24.3 Å². The molecular weight excluding hydrogens is 446 g/mol. The fraction of sp³-hybridized carbons (Fsp3) is 0.0833. The monoisotopic (exact) mass is 463 g/mol. The fourth-order valence-electron chi connectivity index (χ4n) is 3.66. The molecule has 0 radical (unpaired) electrons. The van der Waals surface area contributed by atoms with Gasteiger partial charge in [0.15, 0.2) is 0 Å². The molecule has 30 heavy (non-hydrogen) atoms. The Labute approximate surface area is 182 Å². The summed E-state index contributed by atoms with van der Waals surface area (Å²) in [5.74, 6) is -1.15. The third kappa shape index (κ3) is 3.39. The van der Waals surface area contributed by atoms with Crippen LogP contribution < -0.4 is 9.64 Å². The maximum Gasteiger partial charge on any atom is 0.300 e. The van der Waals surface area contributed by atoms with Crippen LogP contribution in [0.15, 0.2) is 88.9 Å². The lowest BCUT2D eigenvalue weighted by molar-refractivity contribution is -0.132. The lowest BCUT2D eigenvalue weighted by Gasteiger charge is -2.26. The van der Waals surface area contributed by atoms with E-state index in [1.165, 1.54) is 12.0 Å². The Hall–Kier alpha value is -3.38. The van der Waals surface area contributed by atoms with E-state index in [1.54, 1.807) is 60.7 Å². The normalized spacial score (nSPS) is 17.9. The summed E-state index contributed by atoms with van der Waals surface area (Å²) in [7, 11) is 1.53. The molecule has 1 N–H and O–H groups in total. The van der Waals surface area contributed by atoms with Crippen molar-refractivity contribution in [2.75, 3.05) is 12.0 Å². The number of nitrogens with zero attached hydrogens (tertiary/aromatic N) is 1. The van der Waals surface area contributed by atoms with E-state index in [-0.39, 0.29) is 11.3 Å². The predicted octanol–water partition coefficient (Wildman–Crippen LogP) is 5.08. The number of hydrogen-bond donors (Lipinski definition) is 1. The summed E-state index contributed by atoms with van der Waals surface area (Å²) < 4.78 is 6.27. The number of halogens is 1. The van der Waals surface area contributed by atoms with Crippen LogP contribution in [0.3, 0.4) is 0 Å². The highest BCUT2D eigenvalue weighted by Gasteiger charge is 2.47. The van der Waals surface area contributed by atoms with Gasteiger partial charge < -0.3 is 9.84 Å². The lowest BCUT2D eigenvalue weighted by atomic mass is 9.94. The zero-order chi connectivity index (χ0) is 21.3. The van der Waals surface area contributed by atoms with E-state index in [9.17, 15) is 14.7 Å². The summed E-state index contributed by atoms with van der Waals surface area (Å²) in [5, 5.41) is 11.1. The molecule has 6 heteroatoms. The number of para-hydroxylation sites is 1. The predicted molar refractivity (Wildman–Crippen MR) is 118 cm³/mol. The smallest absolute Gasteiger partial charge is 0.300 e. The van der Waals surface area contributed by atoms with Gasteiger partial charge in [0, 0.05) is 21.3 Å². The summed E-state index contributed by atoms with van der Waals surface area (Å²) in [6.45, 7) is 0. The van der Waals surface area contributed by atoms with Crippen molar-refractivity contribution < 1.29 is 19.4 Å². The molecule has 1 amide bonds. The summed E-state index contributed by atoms with van der Waals surface area (Å²) in [4.78, 5) is 27.6. The van der Waals surface area contributed by atoms with Gasteiger partial charge in [-0.2, -0.15) is 0 Å². The third-order valence-corrected chi connectivity index (χ3v) is 5.50. The van der Waals surface area contributed by atoms with Gasteiger partial charge in [-0.25, -0.2) is 0 Å². The highest BCUT2D eigenvalue weighted by molar-refractivity contribution is 9.10. The Balaban J connectivity index is 2.00. The first-order valence-electron chi connectivity index (χ1n) is 9.28. The average molecular weight is 464 g/mol. The second-order valence-corrected chi connectivity index (χ2v) is 7.67. The SMILES string of the molecule is COc1ccccc1C1/C(=C(\O)c2ccccc2)C(=O)C(=O)N1c1cccc(Br)c1. The molecule has 3 aromatic carbocycles. The molecule has 0 aromatic heterocycles. The van der Waals surface area contributed by atoms with E-state index < -0.39 is 17.7 Å². The highest BCUT2D eigenvalue weighted by Crippen LogP contribution is 2.45. The van der Waals surface area contributed by atoms with Gasteiger partial charge in [0.2, 0.25) is 0 Å². The largest absolute Gasteiger partial charge is 0.507 e. The molecule has 1 heterocycles. The number of benzene rings is 3. The minimum absolute atomic E-state index is 0.0238. The van der Waals surface area contributed by atoms with Crippen molar-refractivity contribution in [2.45, 2.75) is 6.04 Å². The summed E-state index contributed by atoms with van der Waals surface area (Å²) in [6, 6.07) is 22.2. The Morgan fingerprint density at radius 1 is 0.967 bits per heavy atom. The Morgan fingerprint density at radius 2 is 1.67 bits per heavy atom. The maximum absolute atomic E-state index is 13.1. The first-order chi connectivity index (χ1) is 14.5. The van der Waals surface area contributed by atoms with E-state index >= 15 is 0 Å². The van der Waals surface area contributed by atoms with Gasteiger partial charge in [-0.3, -0.25) is 14.5 Å². The van der Waals surface area contributed by atoms with Crippen LogP contribution in [0.5, 0.6) is 5.75 Å². The van der Waals surface area contributed by atoms with Crippen LogP contribution >= 0.6 is 15.9 Å². The number of anilines is 1. The van der Waals surface area contributed by atoms with Gasteiger partial charge >= 0.3 is 0 Å². The number of ether oxygens (including phenoxy) is 1. The van der Waals surface area contributed by atoms with Crippen molar-refractivity contribution in [1.29, 1.82) is 0 Å². The number of carbonyl (C=O) groups is 2. The molecule has 150 valence electrons. The quantitative estimate of drug-likeness (QED) is 0.332. The van der Waals surface area contributed by atoms with E-state index in [1.807, 2.05) is 18.2 Å². The van der Waals surface area contributed by atoms with Crippen LogP contribution in [0.1, 0.15) is 17.2 Å². The van der Waals surface area contributed by atoms with Gasteiger partial charge in [0.05, 0.1) is 18.7 Å². The summed E-state index contributed by atoms with van der Waals surface area (Å²) >= 11 is 3.42. The van der Waals surface area contributed by atoms with E-state index in [0.717, 1.165) is 4.47 Å². The van der Waals surface area contributed by atoms with Crippen LogP contribution in [0, 0.1) is 0 Å². The van der Waals surface area contributed by atoms with Crippen molar-refractivity contribution in [2.24, 2.45) is 0 Å². The van der Waals surface area contributed by atoms with Gasteiger partial charge in [-0.15, -0.1) is 0 Å². The van der Waals surface area contributed by atoms with Crippen LogP contribution in [0.4, 0.5) is 5.69 Å². The maximum atomic E-state index is 13.1. The van der Waals surface area contributed by atoms with Crippen molar-refractivity contribution in [3.05, 3.63) is 100 Å². The molecule has 1 aliphatic heterocycles. The zero-order valence-corrected chi connectivity index (χ0v) is 17.7. The van der Waals surface area contributed by atoms with Crippen molar-refractivity contribution in [3.63, 3.8) is 0 Å². The summed E-state index contributed by atoms with van der Waals surface area (Å²) in [6.07, 6.45) is 0. The molecule has 1 aliphatic rings. The summed E-state index contributed by atoms with van der Waals surface area (Å²) in [5.41, 5.74) is 1.63. The van der Waals surface area contributed by atoms with Gasteiger partial charge in [0.1, 0.15) is 11.5 Å². The Bertz CT molecular complexity index is 1160. The zero-order valence-electron chi connectivity index (χ0n) is 16.1. The molecule has 1 unspecified atom stereocenters. The Kier molecular flexibility index (Phi) is 5.42. The van der Waals surface area contributed by atoms with E-state index in [2.05, 4.69) is 15.9 Å². The third-order valence-electron chi connectivity index (χ3n) is 5.01. The molecule has 0 aliphatic carbocycles. The van der Waals surface area contributed by atoms with Crippen LogP contribution in [-0.2, 0) is 9.59 Å². The number of Topliss-reactive ketones (excluding diaryl/α,β-unsaturated/α-hetero) is 1. The first kappa shape index (κ1) is 19.9. The number of rotatable bonds is 4. The standard InChI is InChI=1S/C24H18BrNO4/c1-30-19-13-6-5-12-18(19)21-20(22(27)15-8-3-2-4-9-15)23(28)24(29)26(21)17-11-7-10-16(25)14-17/h2-14,21,27H,1H3/b22-20+. The first-order valence-corrected chi connectivity index (χ1v) is 10.1. The highest BCUT2D eigenvalue weighted by atomic mass is 79.9. The molecule has 0 spiro atoms. The van der Waals surface area contributed by atoms with Crippen LogP contribution in [-0.4, -0.2) is 23.9 Å². The number of amides is 1. The van der Waals surface area contributed by atoms with Crippen molar-refractivity contribution >= 4 is 39.1 Å². The minimum Gasteiger partial charge on any atom is -0.507 e.